The summed E-state index contributed by atoms with van der Waals surface area (Å²) in [6.07, 6.45) is 0.824. The van der Waals surface area contributed by atoms with Crippen LogP contribution in [0.2, 0.25) is 0 Å². The third kappa shape index (κ3) is 5.17. The second kappa shape index (κ2) is 6.27. The molecule has 0 aliphatic heterocycles. The third-order valence-electron chi connectivity index (χ3n) is 2.65. The van der Waals surface area contributed by atoms with E-state index in [4.69, 9.17) is 5.11 Å². The van der Waals surface area contributed by atoms with E-state index < -0.39 is 12.0 Å². The SMILES string of the molecule is CC(C)(C)CCNC(=O)Nc1ccc(C(=O)O)cc1O. The molecule has 0 heterocycles. The fourth-order valence-electron chi connectivity index (χ4n) is 1.49. The Balaban J connectivity index is 2.56. The van der Waals surface area contributed by atoms with Crippen LogP contribution in [0.4, 0.5) is 10.5 Å². The number of carboxylic acids is 1. The number of carboxylic acid groups (broad SMARTS) is 1. The Bertz CT molecular complexity index is 506. The summed E-state index contributed by atoms with van der Waals surface area (Å²) in [5, 5.41) is 23.5. The van der Waals surface area contributed by atoms with Crippen LogP contribution in [-0.4, -0.2) is 28.8 Å². The van der Waals surface area contributed by atoms with Crippen molar-refractivity contribution in [1.29, 1.82) is 0 Å². The van der Waals surface area contributed by atoms with Crippen molar-refractivity contribution in [2.24, 2.45) is 5.41 Å². The molecule has 0 radical (unpaired) electrons. The molecule has 2 amide bonds. The van der Waals surface area contributed by atoms with Gasteiger partial charge < -0.3 is 20.8 Å². The molecule has 0 aromatic heterocycles. The molecule has 6 nitrogen and oxygen atoms in total. The summed E-state index contributed by atoms with van der Waals surface area (Å²) in [4.78, 5) is 22.3. The number of anilines is 1. The van der Waals surface area contributed by atoms with Gasteiger partial charge in [-0.3, -0.25) is 0 Å². The number of hydrogen-bond donors (Lipinski definition) is 4. The van der Waals surface area contributed by atoms with Gasteiger partial charge in [0.05, 0.1) is 11.3 Å². The predicted octanol–water partition coefficient (Wildman–Crippen LogP) is 2.65. The van der Waals surface area contributed by atoms with Crippen LogP contribution in [0.5, 0.6) is 5.75 Å². The Kier molecular flexibility index (Phi) is 4.96. The lowest BCUT2D eigenvalue weighted by molar-refractivity contribution is 0.0696. The van der Waals surface area contributed by atoms with Crippen molar-refractivity contribution in [1.82, 2.24) is 5.32 Å². The number of nitrogens with one attached hydrogen (secondary N) is 2. The largest absolute Gasteiger partial charge is 0.506 e. The number of aromatic hydroxyl groups is 1. The van der Waals surface area contributed by atoms with Gasteiger partial charge in [-0.05, 0) is 30.0 Å². The van der Waals surface area contributed by atoms with Gasteiger partial charge >= 0.3 is 12.0 Å². The fourth-order valence-corrected chi connectivity index (χ4v) is 1.49. The van der Waals surface area contributed by atoms with Crippen molar-refractivity contribution < 1.29 is 19.8 Å². The van der Waals surface area contributed by atoms with Gasteiger partial charge in [0.25, 0.3) is 0 Å². The Morgan fingerprint density at radius 1 is 1.25 bits per heavy atom. The van der Waals surface area contributed by atoms with Gasteiger partial charge in [0.1, 0.15) is 5.75 Å². The minimum atomic E-state index is -1.14. The second-order valence-electron chi connectivity index (χ2n) is 5.73. The number of phenols is 1. The first-order valence-corrected chi connectivity index (χ1v) is 6.30. The molecule has 0 aliphatic carbocycles. The Morgan fingerprint density at radius 2 is 1.90 bits per heavy atom. The van der Waals surface area contributed by atoms with E-state index in [-0.39, 0.29) is 22.4 Å². The zero-order valence-corrected chi connectivity index (χ0v) is 11.9. The normalized spacial score (nSPS) is 10.9. The topological polar surface area (TPSA) is 98.7 Å². The van der Waals surface area contributed by atoms with Gasteiger partial charge in [-0.25, -0.2) is 9.59 Å². The van der Waals surface area contributed by atoms with Crippen LogP contribution in [0.1, 0.15) is 37.6 Å². The highest BCUT2D eigenvalue weighted by Gasteiger charge is 2.12. The van der Waals surface area contributed by atoms with Crippen LogP contribution >= 0.6 is 0 Å². The van der Waals surface area contributed by atoms with Crippen molar-refractivity contribution >= 4 is 17.7 Å². The van der Waals surface area contributed by atoms with E-state index in [1.165, 1.54) is 12.1 Å². The molecule has 1 aromatic carbocycles. The lowest BCUT2D eigenvalue weighted by Gasteiger charge is -2.18. The van der Waals surface area contributed by atoms with Gasteiger partial charge in [0.15, 0.2) is 0 Å². The number of urea groups is 1. The quantitative estimate of drug-likeness (QED) is 0.637. The molecule has 1 rings (SSSR count). The first kappa shape index (κ1) is 15.8. The smallest absolute Gasteiger partial charge is 0.335 e. The molecule has 0 unspecified atom stereocenters. The van der Waals surface area contributed by atoms with Crippen LogP contribution in [0.25, 0.3) is 0 Å². The van der Waals surface area contributed by atoms with Gasteiger partial charge in [-0.15, -0.1) is 0 Å². The van der Waals surface area contributed by atoms with E-state index in [0.717, 1.165) is 12.5 Å². The molecular weight excluding hydrogens is 260 g/mol. The van der Waals surface area contributed by atoms with Crippen LogP contribution in [-0.2, 0) is 0 Å². The summed E-state index contributed by atoms with van der Waals surface area (Å²) >= 11 is 0. The standard InChI is InChI=1S/C14H20N2O4/c1-14(2,3)6-7-15-13(20)16-10-5-4-9(12(18)19)8-11(10)17/h4-5,8,17H,6-7H2,1-3H3,(H,18,19)(H2,15,16,20). The van der Waals surface area contributed by atoms with Gasteiger partial charge in [-0.1, -0.05) is 20.8 Å². The minimum absolute atomic E-state index is 0.0406. The van der Waals surface area contributed by atoms with E-state index in [1.807, 2.05) is 0 Å². The summed E-state index contributed by atoms with van der Waals surface area (Å²) in [7, 11) is 0. The first-order chi connectivity index (χ1) is 9.19. The highest BCUT2D eigenvalue weighted by molar-refractivity contribution is 5.93. The number of hydrogen-bond acceptors (Lipinski definition) is 3. The Morgan fingerprint density at radius 3 is 2.40 bits per heavy atom. The van der Waals surface area contributed by atoms with E-state index in [1.54, 1.807) is 0 Å². The van der Waals surface area contributed by atoms with Crippen molar-refractivity contribution in [3.8, 4) is 5.75 Å². The predicted molar refractivity (Wildman–Crippen MR) is 76.2 cm³/mol. The third-order valence-corrected chi connectivity index (χ3v) is 2.65. The summed E-state index contributed by atoms with van der Waals surface area (Å²) in [5.41, 5.74) is 0.253. The number of benzene rings is 1. The van der Waals surface area contributed by atoms with Gasteiger partial charge in [0, 0.05) is 6.54 Å². The molecule has 20 heavy (non-hydrogen) atoms. The number of aromatic carboxylic acids is 1. The van der Waals surface area contributed by atoms with Crippen LogP contribution in [0.15, 0.2) is 18.2 Å². The summed E-state index contributed by atoms with van der Waals surface area (Å²) in [5.74, 6) is -1.42. The van der Waals surface area contributed by atoms with E-state index in [2.05, 4.69) is 31.4 Å². The number of amides is 2. The fraction of sp³-hybridized carbons (Fsp3) is 0.429. The van der Waals surface area contributed by atoms with Gasteiger partial charge in [-0.2, -0.15) is 0 Å². The summed E-state index contributed by atoms with van der Waals surface area (Å²) in [6, 6.07) is 3.31. The molecule has 0 aliphatic rings. The summed E-state index contributed by atoms with van der Waals surface area (Å²) < 4.78 is 0. The number of carbonyl (C=O) groups is 2. The van der Waals surface area contributed by atoms with Crippen LogP contribution in [0.3, 0.4) is 0 Å². The molecule has 0 saturated carbocycles. The van der Waals surface area contributed by atoms with Crippen LogP contribution < -0.4 is 10.6 Å². The molecule has 110 valence electrons. The molecule has 0 saturated heterocycles. The lowest BCUT2D eigenvalue weighted by atomic mass is 9.92. The number of phenolic OH excluding ortho intramolecular Hbond substituents is 1. The first-order valence-electron chi connectivity index (χ1n) is 6.30. The highest BCUT2D eigenvalue weighted by Crippen LogP contribution is 2.24. The van der Waals surface area contributed by atoms with Crippen molar-refractivity contribution in [3.05, 3.63) is 23.8 Å². The maximum Gasteiger partial charge on any atom is 0.335 e. The van der Waals surface area contributed by atoms with Gasteiger partial charge in [0.2, 0.25) is 0 Å². The average molecular weight is 280 g/mol. The monoisotopic (exact) mass is 280 g/mol. The zero-order valence-electron chi connectivity index (χ0n) is 11.9. The van der Waals surface area contributed by atoms with Crippen molar-refractivity contribution in [3.63, 3.8) is 0 Å². The highest BCUT2D eigenvalue weighted by atomic mass is 16.4. The van der Waals surface area contributed by atoms with Crippen molar-refractivity contribution in [2.45, 2.75) is 27.2 Å². The van der Waals surface area contributed by atoms with Crippen molar-refractivity contribution in [2.75, 3.05) is 11.9 Å². The molecule has 1 aromatic rings. The molecule has 4 N–H and O–H groups in total. The second-order valence-corrected chi connectivity index (χ2v) is 5.73. The molecule has 0 fully saturated rings. The van der Waals surface area contributed by atoms with E-state index >= 15 is 0 Å². The molecule has 6 heteroatoms. The Hall–Kier alpha value is -2.24. The minimum Gasteiger partial charge on any atom is -0.506 e. The summed E-state index contributed by atoms with van der Waals surface area (Å²) in [6.45, 7) is 6.73. The van der Waals surface area contributed by atoms with Crippen LogP contribution in [0, 0.1) is 5.41 Å². The molecular formula is C14H20N2O4. The Labute approximate surface area is 117 Å². The lowest BCUT2D eigenvalue weighted by Crippen LogP contribution is -2.31. The number of rotatable bonds is 4. The molecule has 0 bridgehead atoms. The van der Waals surface area contributed by atoms with E-state index in [0.29, 0.717) is 6.54 Å². The number of carbonyl (C=O) groups excluding carboxylic acids is 1. The average Bonchev–Trinajstić information content (AvgIpc) is 2.29. The maximum atomic E-state index is 11.6. The van der Waals surface area contributed by atoms with E-state index in [9.17, 15) is 14.7 Å². The molecule has 0 spiro atoms. The zero-order chi connectivity index (χ0) is 15.3. The maximum absolute atomic E-state index is 11.6. The molecule has 0 atom stereocenters.